The van der Waals surface area contributed by atoms with Gasteiger partial charge in [0.15, 0.2) is 6.29 Å². The Morgan fingerprint density at radius 3 is 2.06 bits per heavy atom. The molecule has 1 aliphatic carbocycles. The number of hydrogen-bond acceptors (Lipinski definition) is 3. The number of amides is 1. The summed E-state index contributed by atoms with van der Waals surface area (Å²) in [6.07, 6.45) is -4.74. The van der Waals surface area contributed by atoms with E-state index in [1.807, 2.05) is 0 Å². The zero-order chi connectivity index (χ0) is 12.4. The highest BCUT2D eigenvalue weighted by Gasteiger charge is 2.47. The highest BCUT2D eigenvalue weighted by atomic mass is 19.4. The van der Waals surface area contributed by atoms with Crippen LogP contribution in [-0.4, -0.2) is 34.1 Å². The van der Waals surface area contributed by atoms with Gasteiger partial charge in [-0.1, -0.05) is 19.3 Å². The Labute approximate surface area is 90.4 Å². The van der Waals surface area contributed by atoms with Crippen molar-refractivity contribution in [2.24, 2.45) is 0 Å². The first kappa shape index (κ1) is 13.2. The largest absolute Gasteiger partial charge is 0.471 e. The first-order chi connectivity index (χ1) is 7.28. The van der Waals surface area contributed by atoms with E-state index >= 15 is 0 Å². The minimum absolute atomic E-state index is 0.145. The second kappa shape index (κ2) is 4.58. The van der Waals surface area contributed by atoms with E-state index in [1.165, 1.54) is 0 Å². The predicted octanol–water partition coefficient (Wildman–Crippen LogP) is 0.678. The van der Waals surface area contributed by atoms with E-state index in [0.717, 1.165) is 6.42 Å². The van der Waals surface area contributed by atoms with Gasteiger partial charge in [0.05, 0.1) is 5.54 Å². The van der Waals surface area contributed by atoms with Gasteiger partial charge < -0.3 is 15.5 Å². The SMILES string of the molecule is O=C(NC1(C(O)O)CCCCC1)C(F)(F)F. The molecule has 7 heteroatoms. The quantitative estimate of drug-likeness (QED) is 0.623. The minimum atomic E-state index is -5.00. The van der Waals surface area contributed by atoms with Gasteiger partial charge in [-0.25, -0.2) is 0 Å². The number of halogens is 3. The summed E-state index contributed by atoms with van der Waals surface area (Å²) in [5.41, 5.74) is -1.55. The van der Waals surface area contributed by atoms with Crippen molar-refractivity contribution in [1.29, 1.82) is 0 Å². The van der Waals surface area contributed by atoms with Gasteiger partial charge in [0.25, 0.3) is 0 Å². The molecular formula is C9H14F3NO3. The molecule has 3 N–H and O–H groups in total. The van der Waals surface area contributed by atoms with Crippen molar-refractivity contribution in [3.05, 3.63) is 0 Å². The number of hydrogen-bond donors (Lipinski definition) is 3. The molecule has 0 saturated heterocycles. The lowest BCUT2D eigenvalue weighted by atomic mass is 9.81. The van der Waals surface area contributed by atoms with Gasteiger partial charge in [-0.15, -0.1) is 0 Å². The van der Waals surface area contributed by atoms with Crippen LogP contribution in [0.1, 0.15) is 32.1 Å². The Kier molecular flexibility index (Phi) is 3.80. The van der Waals surface area contributed by atoms with Crippen molar-refractivity contribution in [1.82, 2.24) is 5.32 Å². The molecule has 0 aliphatic heterocycles. The van der Waals surface area contributed by atoms with Gasteiger partial charge in [0, 0.05) is 0 Å². The van der Waals surface area contributed by atoms with E-state index in [2.05, 4.69) is 0 Å². The monoisotopic (exact) mass is 241 g/mol. The summed E-state index contributed by atoms with van der Waals surface area (Å²) < 4.78 is 36.2. The molecule has 0 bridgehead atoms. The zero-order valence-electron chi connectivity index (χ0n) is 8.55. The number of carbonyl (C=O) groups excluding carboxylic acids is 1. The van der Waals surface area contributed by atoms with E-state index in [9.17, 15) is 18.0 Å². The standard InChI is InChI=1S/C9H14F3NO3/c10-9(11,12)6(14)13-8(7(15)16)4-2-1-3-5-8/h7,15-16H,1-5H2,(H,13,14). The number of alkyl halides is 3. The Balaban J connectivity index is 2.75. The molecule has 16 heavy (non-hydrogen) atoms. The number of carbonyl (C=O) groups is 1. The number of nitrogens with one attached hydrogen (secondary N) is 1. The van der Waals surface area contributed by atoms with Crippen molar-refractivity contribution < 1.29 is 28.2 Å². The lowest BCUT2D eigenvalue weighted by molar-refractivity contribution is -0.184. The fourth-order valence-electron chi connectivity index (χ4n) is 1.93. The summed E-state index contributed by atoms with van der Waals surface area (Å²) in [4.78, 5) is 10.8. The molecule has 0 heterocycles. The van der Waals surface area contributed by atoms with Gasteiger partial charge in [0.1, 0.15) is 0 Å². The number of aliphatic hydroxyl groups excluding tert-OH is 1. The first-order valence-corrected chi connectivity index (χ1v) is 5.03. The number of aliphatic hydroxyl groups is 2. The molecular weight excluding hydrogens is 227 g/mol. The highest BCUT2D eigenvalue weighted by Crippen LogP contribution is 2.31. The van der Waals surface area contributed by atoms with Crippen LogP contribution in [0, 0.1) is 0 Å². The molecule has 4 nitrogen and oxygen atoms in total. The molecule has 0 aromatic carbocycles. The van der Waals surface area contributed by atoms with Gasteiger partial charge in [0.2, 0.25) is 0 Å². The molecule has 0 spiro atoms. The van der Waals surface area contributed by atoms with Crippen LogP contribution in [0.3, 0.4) is 0 Å². The predicted molar refractivity (Wildman–Crippen MR) is 48.2 cm³/mol. The maximum Gasteiger partial charge on any atom is 0.471 e. The summed E-state index contributed by atoms with van der Waals surface area (Å²) >= 11 is 0. The van der Waals surface area contributed by atoms with Gasteiger partial charge in [-0.2, -0.15) is 13.2 Å². The summed E-state index contributed by atoms with van der Waals surface area (Å²) in [6.45, 7) is 0. The second-order valence-electron chi connectivity index (χ2n) is 4.04. The van der Waals surface area contributed by atoms with E-state index in [1.54, 1.807) is 5.32 Å². The summed E-state index contributed by atoms with van der Waals surface area (Å²) in [7, 11) is 0. The average molecular weight is 241 g/mol. The lowest BCUT2D eigenvalue weighted by Gasteiger charge is -2.39. The van der Waals surface area contributed by atoms with E-state index in [-0.39, 0.29) is 12.8 Å². The van der Waals surface area contributed by atoms with Crippen LogP contribution in [-0.2, 0) is 4.79 Å². The first-order valence-electron chi connectivity index (χ1n) is 5.03. The molecule has 94 valence electrons. The topological polar surface area (TPSA) is 69.6 Å². The third-order valence-corrected chi connectivity index (χ3v) is 2.86. The van der Waals surface area contributed by atoms with Crippen LogP contribution in [0.4, 0.5) is 13.2 Å². The van der Waals surface area contributed by atoms with Crippen molar-refractivity contribution >= 4 is 5.91 Å². The second-order valence-corrected chi connectivity index (χ2v) is 4.04. The maximum atomic E-state index is 12.1. The molecule has 0 aromatic heterocycles. The summed E-state index contributed by atoms with van der Waals surface area (Å²) in [5, 5.41) is 19.9. The molecule has 0 unspecified atom stereocenters. The minimum Gasteiger partial charge on any atom is -0.366 e. The Morgan fingerprint density at radius 1 is 1.19 bits per heavy atom. The van der Waals surface area contributed by atoms with Crippen LogP contribution >= 0.6 is 0 Å². The third kappa shape index (κ3) is 2.85. The van der Waals surface area contributed by atoms with E-state index in [4.69, 9.17) is 10.2 Å². The van der Waals surface area contributed by atoms with E-state index in [0.29, 0.717) is 12.8 Å². The molecule has 1 aliphatic rings. The van der Waals surface area contributed by atoms with Crippen molar-refractivity contribution in [2.75, 3.05) is 0 Å². The fraction of sp³-hybridized carbons (Fsp3) is 0.889. The molecule has 1 amide bonds. The van der Waals surface area contributed by atoms with Crippen LogP contribution < -0.4 is 5.32 Å². The Morgan fingerprint density at radius 2 is 1.69 bits per heavy atom. The normalized spacial score (nSPS) is 20.9. The molecule has 0 aromatic rings. The Hall–Kier alpha value is -0.820. The van der Waals surface area contributed by atoms with Gasteiger partial charge in [-0.3, -0.25) is 4.79 Å². The maximum absolute atomic E-state index is 12.1. The average Bonchev–Trinajstić information content (AvgIpc) is 2.17. The third-order valence-electron chi connectivity index (χ3n) is 2.86. The molecule has 1 saturated carbocycles. The number of rotatable bonds is 2. The fourth-order valence-corrected chi connectivity index (χ4v) is 1.93. The van der Waals surface area contributed by atoms with Gasteiger partial charge in [-0.05, 0) is 12.8 Å². The van der Waals surface area contributed by atoms with Crippen LogP contribution in [0.25, 0.3) is 0 Å². The van der Waals surface area contributed by atoms with Crippen LogP contribution in [0.5, 0.6) is 0 Å². The van der Waals surface area contributed by atoms with Gasteiger partial charge >= 0.3 is 12.1 Å². The molecule has 0 atom stereocenters. The lowest BCUT2D eigenvalue weighted by Crippen LogP contribution is -2.60. The zero-order valence-corrected chi connectivity index (χ0v) is 8.55. The summed E-state index contributed by atoms with van der Waals surface area (Å²) in [5.74, 6) is -2.12. The van der Waals surface area contributed by atoms with Crippen molar-refractivity contribution in [3.63, 3.8) is 0 Å². The molecule has 1 fully saturated rings. The smallest absolute Gasteiger partial charge is 0.366 e. The van der Waals surface area contributed by atoms with Crippen LogP contribution in [0.2, 0.25) is 0 Å². The van der Waals surface area contributed by atoms with Crippen LogP contribution in [0.15, 0.2) is 0 Å². The molecule has 1 rings (SSSR count). The Bertz CT molecular complexity index is 259. The van der Waals surface area contributed by atoms with Crippen molar-refractivity contribution in [3.8, 4) is 0 Å². The molecule has 0 radical (unpaired) electrons. The van der Waals surface area contributed by atoms with Crippen molar-refractivity contribution in [2.45, 2.75) is 50.1 Å². The summed E-state index contributed by atoms with van der Waals surface area (Å²) in [6, 6.07) is 0. The van der Waals surface area contributed by atoms with E-state index < -0.39 is 23.9 Å². The highest BCUT2D eigenvalue weighted by molar-refractivity contribution is 5.82.